The SMILES string of the molecule is CC(C)[C@H](NC(=O)C1CCC(CNC(=O)[C@H](C)NC(=O)OC(C)(C)C)CC1)C(=O)[O-]. The predicted molar refractivity (Wildman–Crippen MR) is 109 cm³/mol. The first-order chi connectivity index (χ1) is 13.8. The number of carbonyl (C=O) groups excluding carboxylic acids is 4. The van der Waals surface area contributed by atoms with Crippen molar-refractivity contribution in [3.8, 4) is 0 Å². The van der Waals surface area contributed by atoms with E-state index in [1.807, 2.05) is 0 Å². The summed E-state index contributed by atoms with van der Waals surface area (Å²) in [5.74, 6) is -2.07. The number of carboxylic acid groups (broad SMARTS) is 1. The molecule has 1 aliphatic rings. The van der Waals surface area contributed by atoms with Crippen LogP contribution in [0.3, 0.4) is 0 Å². The number of ether oxygens (including phenoxy) is 1. The lowest BCUT2D eigenvalue weighted by Crippen LogP contribution is -2.52. The van der Waals surface area contributed by atoms with Crippen molar-refractivity contribution in [3.63, 3.8) is 0 Å². The second-order valence-electron chi connectivity index (χ2n) is 9.38. The van der Waals surface area contributed by atoms with Crippen LogP contribution in [0.4, 0.5) is 4.79 Å². The second-order valence-corrected chi connectivity index (χ2v) is 9.38. The van der Waals surface area contributed by atoms with Crippen molar-refractivity contribution in [1.29, 1.82) is 0 Å². The van der Waals surface area contributed by atoms with Crippen LogP contribution in [-0.4, -0.2) is 48.1 Å². The van der Waals surface area contributed by atoms with Crippen LogP contribution in [0.1, 0.15) is 67.2 Å². The fraction of sp³-hybridized carbons (Fsp3) is 0.810. The van der Waals surface area contributed by atoms with Crippen LogP contribution >= 0.6 is 0 Å². The van der Waals surface area contributed by atoms with Crippen molar-refractivity contribution in [2.75, 3.05) is 6.54 Å². The van der Waals surface area contributed by atoms with Gasteiger partial charge in [0.1, 0.15) is 11.6 Å². The summed E-state index contributed by atoms with van der Waals surface area (Å²) in [5.41, 5.74) is -0.638. The molecule has 3 amide bonds. The van der Waals surface area contributed by atoms with Crippen molar-refractivity contribution in [1.82, 2.24) is 16.0 Å². The Bertz CT molecular complexity index is 621. The average Bonchev–Trinajstić information content (AvgIpc) is 2.62. The molecule has 0 spiro atoms. The van der Waals surface area contributed by atoms with Gasteiger partial charge in [0.05, 0.1) is 12.0 Å². The molecule has 1 rings (SSSR count). The van der Waals surface area contributed by atoms with Crippen LogP contribution < -0.4 is 21.1 Å². The molecule has 0 aliphatic heterocycles. The highest BCUT2D eigenvalue weighted by molar-refractivity contribution is 5.85. The van der Waals surface area contributed by atoms with Crippen molar-refractivity contribution in [3.05, 3.63) is 0 Å². The van der Waals surface area contributed by atoms with Gasteiger partial charge in [-0.3, -0.25) is 9.59 Å². The van der Waals surface area contributed by atoms with E-state index in [2.05, 4.69) is 16.0 Å². The van der Waals surface area contributed by atoms with Crippen LogP contribution in [0, 0.1) is 17.8 Å². The van der Waals surface area contributed by atoms with Gasteiger partial charge >= 0.3 is 6.09 Å². The monoisotopic (exact) mass is 426 g/mol. The Hall–Kier alpha value is -2.32. The van der Waals surface area contributed by atoms with Crippen LogP contribution in [0.5, 0.6) is 0 Å². The summed E-state index contributed by atoms with van der Waals surface area (Å²) in [6.07, 6.45) is 2.13. The number of aliphatic carboxylic acids is 1. The van der Waals surface area contributed by atoms with Gasteiger partial charge in [-0.25, -0.2) is 4.79 Å². The number of hydrogen-bond donors (Lipinski definition) is 3. The Morgan fingerprint density at radius 3 is 2.03 bits per heavy atom. The molecule has 0 radical (unpaired) electrons. The molecule has 0 unspecified atom stereocenters. The molecule has 0 heterocycles. The molecule has 1 aliphatic carbocycles. The minimum absolute atomic E-state index is 0.230. The van der Waals surface area contributed by atoms with Crippen molar-refractivity contribution in [2.45, 2.75) is 84.9 Å². The molecule has 172 valence electrons. The number of alkyl carbamates (subject to hydrolysis) is 1. The van der Waals surface area contributed by atoms with Crippen molar-refractivity contribution >= 4 is 23.9 Å². The van der Waals surface area contributed by atoms with E-state index in [1.54, 1.807) is 41.5 Å². The van der Waals surface area contributed by atoms with Gasteiger partial charge in [0, 0.05) is 12.5 Å². The molecule has 0 aromatic carbocycles. The number of nitrogens with one attached hydrogen (secondary N) is 3. The predicted octanol–water partition coefficient (Wildman–Crippen LogP) is 0.713. The number of hydrogen-bond acceptors (Lipinski definition) is 6. The van der Waals surface area contributed by atoms with Gasteiger partial charge in [-0.2, -0.15) is 0 Å². The fourth-order valence-corrected chi connectivity index (χ4v) is 3.35. The number of carboxylic acids is 1. The van der Waals surface area contributed by atoms with Crippen LogP contribution in [0.25, 0.3) is 0 Å². The lowest BCUT2D eigenvalue weighted by molar-refractivity contribution is -0.309. The van der Waals surface area contributed by atoms with Crippen LogP contribution in [0.15, 0.2) is 0 Å². The fourth-order valence-electron chi connectivity index (χ4n) is 3.35. The molecule has 9 nitrogen and oxygen atoms in total. The maximum absolute atomic E-state index is 12.4. The molecule has 9 heteroatoms. The van der Waals surface area contributed by atoms with E-state index >= 15 is 0 Å². The Balaban J connectivity index is 2.37. The maximum Gasteiger partial charge on any atom is 0.408 e. The lowest BCUT2D eigenvalue weighted by atomic mass is 9.81. The standard InChI is InChI=1S/C21H37N3O6/c1-12(2)16(19(27)28)24-18(26)15-9-7-14(8-10-15)11-22-17(25)13(3)23-20(29)30-21(4,5)6/h12-16H,7-11H2,1-6H3,(H,22,25)(H,23,29)(H,24,26)(H,27,28)/p-1/t13-,14?,15?,16-/m0/s1. The highest BCUT2D eigenvalue weighted by Gasteiger charge is 2.29. The third-order valence-electron chi connectivity index (χ3n) is 5.13. The first-order valence-electron chi connectivity index (χ1n) is 10.6. The van der Waals surface area contributed by atoms with E-state index in [0.717, 1.165) is 12.8 Å². The topological polar surface area (TPSA) is 137 Å². The van der Waals surface area contributed by atoms with Gasteiger partial charge in [-0.1, -0.05) is 13.8 Å². The highest BCUT2D eigenvalue weighted by atomic mass is 16.6. The second kappa shape index (κ2) is 11.2. The quantitative estimate of drug-likeness (QED) is 0.523. The minimum atomic E-state index is -1.27. The third-order valence-corrected chi connectivity index (χ3v) is 5.13. The molecule has 3 N–H and O–H groups in total. The zero-order valence-electron chi connectivity index (χ0n) is 18.9. The first kappa shape index (κ1) is 25.7. The first-order valence-corrected chi connectivity index (χ1v) is 10.6. The minimum Gasteiger partial charge on any atom is -0.548 e. The number of amides is 3. The Morgan fingerprint density at radius 2 is 1.57 bits per heavy atom. The number of carbonyl (C=O) groups is 4. The van der Waals surface area contributed by atoms with Crippen molar-refractivity contribution in [2.24, 2.45) is 17.8 Å². The molecule has 2 atom stereocenters. The van der Waals surface area contributed by atoms with E-state index < -0.39 is 29.7 Å². The Labute approximate surface area is 178 Å². The summed E-state index contributed by atoms with van der Waals surface area (Å²) in [6, 6.07) is -1.71. The Morgan fingerprint density at radius 1 is 1.00 bits per heavy atom. The molecule has 0 aromatic rings. The highest BCUT2D eigenvalue weighted by Crippen LogP contribution is 2.28. The van der Waals surface area contributed by atoms with Gasteiger partial charge in [-0.15, -0.1) is 0 Å². The molecule has 1 fully saturated rings. The van der Waals surface area contributed by atoms with Gasteiger partial charge in [0.25, 0.3) is 0 Å². The molecular weight excluding hydrogens is 390 g/mol. The van der Waals surface area contributed by atoms with Crippen molar-refractivity contribution < 1.29 is 29.0 Å². The smallest absolute Gasteiger partial charge is 0.408 e. The normalized spacial score (nSPS) is 21.3. The summed E-state index contributed by atoms with van der Waals surface area (Å²) in [5, 5.41) is 19.1. The summed E-state index contributed by atoms with van der Waals surface area (Å²) >= 11 is 0. The number of rotatable bonds is 8. The third kappa shape index (κ3) is 9.00. The van der Waals surface area contributed by atoms with Gasteiger partial charge in [-0.05, 0) is 65.2 Å². The van der Waals surface area contributed by atoms with Crippen LogP contribution in [0.2, 0.25) is 0 Å². The van der Waals surface area contributed by atoms with E-state index in [9.17, 15) is 24.3 Å². The molecular formula is C21H36N3O6-. The summed E-state index contributed by atoms with van der Waals surface area (Å²) in [4.78, 5) is 47.5. The molecule has 30 heavy (non-hydrogen) atoms. The maximum atomic E-state index is 12.4. The lowest BCUT2D eigenvalue weighted by Gasteiger charge is -2.31. The zero-order chi connectivity index (χ0) is 23.1. The summed E-state index contributed by atoms with van der Waals surface area (Å²) in [6.45, 7) is 10.7. The van der Waals surface area contributed by atoms with Crippen LogP contribution in [-0.2, 0) is 19.1 Å². The molecule has 0 aromatic heterocycles. The van der Waals surface area contributed by atoms with Gasteiger partial charge in [0.15, 0.2) is 0 Å². The largest absolute Gasteiger partial charge is 0.548 e. The zero-order valence-corrected chi connectivity index (χ0v) is 18.9. The Kier molecular flexibility index (Phi) is 9.58. The van der Waals surface area contributed by atoms with E-state index in [1.165, 1.54) is 0 Å². The van der Waals surface area contributed by atoms with Gasteiger partial charge < -0.3 is 30.6 Å². The van der Waals surface area contributed by atoms with E-state index in [-0.39, 0.29) is 29.6 Å². The van der Waals surface area contributed by atoms with E-state index in [4.69, 9.17) is 4.74 Å². The average molecular weight is 427 g/mol. The van der Waals surface area contributed by atoms with Gasteiger partial charge in [0.2, 0.25) is 11.8 Å². The summed E-state index contributed by atoms with van der Waals surface area (Å²) in [7, 11) is 0. The molecule has 0 saturated heterocycles. The molecule has 1 saturated carbocycles. The summed E-state index contributed by atoms with van der Waals surface area (Å²) < 4.78 is 5.14. The molecule has 0 bridgehead atoms. The van der Waals surface area contributed by atoms with E-state index in [0.29, 0.717) is 19.4 Å².